The number of furan rings is 1. The summed E-state index contributed by atoms with van der Waals surface area (Å²) in [5.74, 6) is 0.274. The van der Waals surface area contributed by atoms with Crippen LogP contribution in [0.5, 0.6) is 5.75 Å². The maximum Gasteiger partial charge on any atom is 0.115 e. The number of phenolic OH excluding ortho intramolecular Hbond substituents is 1. The van der Waals surface area contributed by atoms with E-state index in [1.54, 1.807) is 24.7 Å². The standard InChI is InChI=1S/C12H13NO2/c13-12(10-5-6-15-8-10)7-9-1-3-11(14)4-2-9/h1-6,8,12,14H,7,13H2. The van der Waals surface area contributed by atoms with Crippen molar-refractivity contribution >= 4 is 0 Å². The van der Waals surface area contributed by atoms with Crippen molar-refractivity contribution in [1.29, 1.82) is 0 Å². The van der Waals surface area contributed by atoms with Crippen LogP contribution >= 0.6 is 0 Å². The Balaban J connectivity index is 2.06. The van der Waals surface area contributed by atoms with Crippen LogP contribution < -0.4 is 5.73 Å². The summed E-state index contributed by atoms with van der Waals surface area (Å²) >= 11 is 0. The van der Waals surface area contributed by atoms with E-state index in [0.29, 0.717) is 0 Å². The van der Waals surface area contributed by atoms with Crippen LogP contribution in [-0.2, 0) is 6.42 Å². The highest BCUT2D eigenvalue weighted by Gasteiger charge is 2.07. The molecule has 0 bridgehead atoms. The van der Waals surface area contributed by atoms with E-state index in [2.05, 4.69) is 0 Å². The number of rotatable bonds is 3. The maximum absolute atomic E-state index is 9.13. The molecule has 0 fully saturated rings. The molecule has 1 unspecified atom stereocenters. The summed E-state index contributed by atoms with van der Waals surface area (Å²) < 4.78 is 4.97. The Morgan fingerprint density at radius 3 is 2.53 bits per heavy atom. The molecule has 0 aliphatic carbocycles. The molecule has 15 heavy (non-hydrogen) atoms. The lowest BCUT2D eigenvalue weighted by Gasteiger charge is -2.09. The first kappa shape index (κ1) is 9.80. The third-order valence-electron chi connectivity index (χ3n) is 2.36. The average molecular weight is 203 g/mol. The quantitative estimate of drug-likeness (QED) is 0.804. The van der Waals surface area contributed by atoms with Gasteiger partial charge in [-0.25, -0.2) is 0 Å². The molecule has 0 amide bonds. The van der Waals surface area contributed by atoms with E-state index in [0.717, 1.165) is 17.5 Å². The molecule has 1 aromatic carbocycles. The number of hydrogen-bond donors (Lipinski definition) is 2. The van der Waals surface area contributed by atoms with E-state index in [9.17, 15) is 0 Å². The van der Waals surface area contributed by atoms with Gasteiger partial charge in [0.2, 0.25) is 0 Å². The van der Waals surface area contributed by atoms with Gasteiger partial charge < -0.3 is 15.3 Å². The molecule has 3 heteroatoms. The fourth-order valence-electron chi connectivity index (χ4n) is 1.49. The summed E-state index contributed by atoms with van der Waals surface area (Å²) in [4.78, 5) is 0. The zero-order chi connectivity index (χ0) is 10.7. The van der Waals surface area contributed by atoms with Crippen LogP contribution in [0.25, 0.3) is 0 Å². The molecular weight excluding hydrogens is 190 g/mol. The smallest absolute Gasteiger partial charge is 0.115 e. The number of phenols is 1. The van der Waals surface area contributed by atoms with E-state index in [4.69, 9.17) is 15.3 Å². The fraction of sp³-hybridized carbons (Fsp3) is 0.167. The highest BCUT2D eigenvalue weighted by atomic mass is 16.3. The van der Waals surface area contributed by atoms with Gasteiger partial charge in [0.25, 0.3) is 0 Å². The zero-order valence-electron chi connectivity index (χ0n) is 8.26. The molecule has 0 aliphatic heterocycles. The van der Waals surface area contributed by atoms with Crippen LogP contribution in [0.3, 0.4) is 0 Å². The van der Waals surface area contributed by atoms with Crippen LogP contribution in [0.4, 0.5) is 0 Å². The number of benzene rings is 1. The van der Waals surface area contributed by atoms with Crippen LogP contribution in [0.1, 0.15) is 17.2 Å². The van der Waals surface area contributed by atoms with E-state index in [1.807, 2.05) is 18.2 Å². The van der Waals surface area contributed by atoms with Crippen LogP contribution in [-0.4, -0.2) is 5.11 Å². The summed E-state index contributed by atoms with van der Waals surface area (Å²) in [5.41, 5.74) is 8.07. The molecule has 0 aliphatic rings. The number of nitrogens with two attached hydrogens (primary N) is 1. The Morgan fingerprint density at radius 1 is 1.20 bits per heavy atom. The second-order valence-corrected chi connectivity index (χ2v) is 3.53. The molecule has 3 N–H and O–H groups in total. The lowest BCUT2D eigenvalue weighted by atomic mass is 10.0. The van der Waals surface area contributed by atoms with Gasteiger partial charge in [-0.1, -0.05) is 12.1 Å². The fourth-order valence-corrected chi connectivity index (χ4v) is 1.49. The lowest BCUT2D eigenvalue weighted by Crippen LogP contribution is -2.12. The second kappa shape index (κ2) is 4.19. The van der Waals surface area contributed by atoms with Gasteiger partial charge in [-0.15, -0.1) is 0 Å². The van der Waals surface area contributed by atoms with Crippen molar-refractivity contribution in [1.82, 2.24) is 0 Å². The van der Waals surface area contributed by atoms with Crippen molar-refractivity contribution in [2.24, 2.45) is 5.73 Å². The molecule has 0 saturated carbocycles. The van der Waals surface area contributed by atoms with Gasteiger partial charge in [0.05, 0.1) is 12.5 Å². The normalized spacial score (nSPS) is 12.6. The van der Waals surface area contributed by atoms with Gasteiger partial charge in [-0.05, 0) is 30.2 Å². The van der Waals surface area contributed by atoms with Gasteiger partial charge in [0.15, 0.2) is 0 Å². The molecule has 1 aromatic heterocycles. The molecule has 1 atom stereocenters. The predicted molar refractivity (Wildman–Crippen MR) is 57.4 cm³/mol. The van der Waals surface area contributed by atoms with Gasteiger partial charge in [0.1, 0.15) is 5.75 Å². The third-order valence-corrected chi connectivity index (χ3v) is 2.36. The van der Waals surface area contributed by atoms with Gasteiger partial charge in [0, 0.05) is 11.6 Å². The molecule has 0 radical (unpaired) electrons. The molecule has 1 heterocycles. The average Bonchev–Trinajstić information content (AvgIpc) is 2.74. The van der Waals surface area contributed by atoms with Crippen molar-refractivity contribution in [3.8, 4) is 5.75 Å². The Kier molecular flexibility index (Phi) is 2.74. The van der Waals surface area contributed by atoms with Crippen molar-refractivity contribution in [2.75, 3.05) is 0 Å². The summed E-state index contributed by atoms with van der Waals surface area (Å²) in [6.07, 6.45) is 4.01. The van der Waals surface area contributed by atoms with Gasteiger partial charge in [-0.3, -0.25) is 0 Å². The van der Waals surface area contributed by atoms with Crippen molar-refractivity contribution < 1.29 is 9.52 Å². The van der Waals surface area contributed by atoms with E-state index < -0.39 is 0 Å². The maximum atomic E-state index is 9.13. The topological polar surface area (TPSA) is 59.4 Å². The van der Waals surface area contributed by atoms with E-state index >= 15 is 0 Å². The van der Waals surface area contributed by atoms with E-state index in [1.165, 1.54) is 0 Å². The Hall–Kier alpha value is -1.74. The Bertz CT molecular complexity index is 406. The highest BCUT2D eigenvalue weighted by molar-refractivity contribution is 5.27. The van der Waals surface area contributed by atoms with Crippen LogP contribution in [0.15, 0.2) is 47.3 Å². The van der Waals surface area contributed by atoms with E-state index in [-0.39, 0.29) is 11.8 Å². The first-order chi connectivity index (χ1) is 7.25. The molecule has 2 rings (SSSR count). The summed E-state index contributed by atoms with van der Waals surface area (Å²) in [6, 6.07) is 8.87. The largest absolute Gasteiger partial charge is 0.508 e. The van der Waals surface area contributed by atoms with Gasteiger partial charge >= 0.3 is 0 Å². The first-order valence-corrected chi connectivity index (χ1v) is 4.81. The molecule has 0 saturated heterocycles. The van der Waals surface area contributed by atoms with Crippen molar-refractivity contribution in [2.45, 2.75) is 12.5 Å². The Labute approximate surface area is 88.1 Å². The van der Waals surface area contributed by atoms with Crippen molar-refractivity contribution in [3.63, 3.8) is 0 Å². The Morgan fingerprint density at radius 2 is 1.93 bits per heavy atom. The SMILES string of the molecule is NC(Cc1ccc(O)cc1)c1ccoc1. The molecule has 78 valence electrons. The second-order valence-electron chi connectivity index (χ2n) is 3.53. The third kappa shape index (κ3) is 2.39. The summed E-state index contributed by atoms with van der Waals surface area (Å²) in [7, 11) is 0. The predicted octanol–water partition coefficient (Wildman–Crippen LogP) is 2.23. The highest BCUT2D eigenvalue weighted by Crippen LogP contribution is 2.18. The monoisotopic (exact) mass is 203 g/mol. The molecule has 0 spiro atoms. The minimum Gasteiger partial charge on any atom is -0.508 e. The van der Waals surface area contributed by atoms with Crippen LogP contribution in [0.2, 0.25) is 0 Å². The molecular formula is C12H13NO2. The zero-order valence-corrected chi connectivity index (χ0v) is 8.26. The molecule has 2 aromatic rings. The van der Waals surface area contributed by atoms with Gasteiger partial charge in [-0.2, -0.15) is 0 Å². The summed E-state index contributed by atoms with van der Waals surface area (Å²) in [5, 5.41) is 9.13. The first-order valence-electron chi connectivity index (χ1n) is 4.81. The molecule has 3 nitrogen and oxygen atoms in total. The van der Waals surface area contributed by atoms with Crippen LogP contribution in [0, 0.1) is 0 Å². The minimum atomic E-state index is -0.0618. The summed E-state index contributed by atoms with van der Waals surface area (Å²) in [6.45, 7) is 0. The minimum absolute atomic E-state index is 0.0618. The lowest BCUT2D eigenvalue weighted by molar-refractivity contribution is 0.475. The van der Waals surface area contributed by atoms with Crippen molar-refractivity contribution in [3.05, 3.63) is 54.0 Å². The number of hydrogen-bond acceptors (Lipinski definition) is 3. The number of aromatic hydroxyl groups is 1.